The van der Waals surface area contributed by atoms with Gasteiger partial charge in [0, 0.05) is 49.3 Å². The molecule has 1 fully saturated rings. The Hall–Kier alpha value is -6.13. The lowest BCUT2D eigenvalue weighted by Gasteiger charge is -2.41. The first-order valence-corrected chi connectivity index (χ1v) is 30.6. The van der Waals surface area contributed by atoms with Gasteiger partial charge < -0.3 is 60.7 Å². The molecule has 0 bridgehead atoms. The van der Waals surface area contributed by atoms with E-state index in [2.05, 4.69) is 21.3 Å². The molecule has 0 aromatic heterocycles. The minimum atomic E-state index is -1.61. The van der Waals surface area contributed by atoms with Crippen LogP contribution < -0.4 is 21.3 Å². The molecule has 11 amide bonds. The van der Waals surface area contributed by atoms with E-state index in [0.29, 0.717) is 6.42 Å². The molecular weight excluding hydrogens is 1090 g/mol. The van der Waals surface area contributed by atoms with Crippen LogP contribution >= 0.6 is 0 Å². The monoisotopic (exact) mass is 1200 g/mol. The molecule has 0 radical (unpaired) electrons. The molecule has 1 rings (SSSR count). The topological polar surface area (TPSA) is 279 Å². The second-order valence-corrected chi connectivity index (χ2v) is 26.1. The van der Waals surface area contributed by atoms with Gasteiger partial charge in [-0.3, -0.25) is 52.7 Å². The largest absolute Gasteiger partial charge is 0.390 e. The number of hydrogen-bond acceptors (Lipinski definition) is 12. The van der Waals surface area contributed by atoms with Crippen molar-refractivity contribution in [1.29, 1.82) is 0 Å². The van der Waals surface area contributed by atoms with E-state index in [1.165, 1.54) is 87.7 Å². The van der Waals surface area contributed by atoms with E-state index in [-0.39, 0.29) is 55.8 Å². The van der Waals surface area contributed by atoms with Gasteiger partial charge in [-0.05, 0) is 101 Å². The summed E-state index contributed by atoms with van der Waals surface area (Å²) in [7, 11) is 9.92. The molecule has 0 aliphatic carbocycles. The molecule has 0 aromatic rings. The fourth-order valence-corrected chi connectivity index (χ4v) is 10.7. The Morgan fingerprint density at radius 3 is 1.32 bits per heavy atom. The number of likely N-dealkylation sites (N-methyl/N-ethyl adjacent to an activating group) is 7. The maximum Gasteiger partial charge on any atom is 0.246 e. The Bertz CT molecular complexity index is 2330. The highest BCUT2D eigenvalue weighted by Gasteiger charge is 2.45. The van der Waals surface area contributed by atoms with Gasteiger partial charge in [-0.2, -0.15) is 0 Å². The zero-order valence-corrected chi connectivity index (χ0v) is 56.1. The molecule has 0 spiro atoms. The number of carbonyl (C=O) groups is 11. The summed E-state index contributed by atoms with van der Waals surface area (Å²) < 4.78 is 0. The van der Waals surface area contributed by atoms with Gasteiger partial charge in [0.05, 0.1) is 12.6 Å². The Morgan fingerprint density at radius 2 is 0.871 bits per heavy atom. The first-order valence-electron chi connectivity index (χ1n) is 30.6. The molecule has 1 aliphatic rings. The summed E-state index contributed by atoms with van der Waals surface area (Å²) in [6, 6.07) is -12.3. The molecule has 12 atom stereocenters. The first-order chi connectivity index (χ1) is 39.2. The molecule has 1 heterocycles. The Morgan fingerprint density at radius 1 is 0.459 bits per heavy atom. The average Bonchev–Trinajstić information content (AvgIpc) is 3.62. The van der Waals surface area contributed by atoms with E-state index < -0.39 is 156 Å². The maximum atomic E-state index is 15.1. The van der Waals surface area contributed by atoms with Gasteiger partial charge in [-0.1, -0.05) is 109 Å². The van der Waals surface area contributed by atoms with Crippen molar-refractivity contribution >= 4 is 65.0 Å². The van der Waals surface area contributed by atoms with Crippen molar-refractivity contribution in [3.8, 4) is 0 Å². The highest BCUT2D eigenvalue weighted by Crippen LogP contribution is 2.26. The van der Waals surface area contributed by atoms with Gasteiger partial charge in [0.2, 0.25) is 65.0 Å². The van der Waals surface area contributed by atoms with Crippen molar-refractivity contribution < 1.29 is 57.8 Å². The molecule has 23 heteroatoms. The number of rotatable bonds is 15. The predicted octanol–water partition coefficient (Wildman–Crippen LogP) is 3.27. The van der Waals surface area contributed by atoms with Gasteiger partial charge >= 0.3 is 0 Å². The van der Waals surface area contributed by atoms with E-state index >= 15 is 9.59 Å². The van der Waals surface area contributed by atoms with Crippen molar-refractivity contribution in [1.82, 2.24) is 55.6 Å². The molecule has 486 valence electrons. The summed E-state index contributed by atoms with van der Waals surface area (Å²) in [6.07, 6.45) is 3.04. The van der Waals surface area contributed by atoms with Crippen molar-refractivity contribution in [2.45, 2.75) is 223 Å². The molecule has 5 N–H and O–H groups in total. The predicted molar refractivity (Wildman–Crippen MR) is 328 cm³/mol. The number of carbonyl (C=O) groups excluding carboxylic acids is 11. The van der Waals surface area contributed by atoms with Crippen LogP contribution in [-0.2, 0) is 52.7 Å². The summed E-state index contributed by atoms with van der Waals surface area (Å²) in [5.74, 6) is -9.71. The Kier molecular flexibility index (Phi) is 31.5. The number of allylic oxidation sites excluding steroid dienone is 2. The minimum Gasteiger partial charge on any atom is -0.390 e. The van der Waals surface area contributed by atoms with Crippen LogP contribution in [0.25, 0.3) is 0 Å². The number of aliphatic hydroxyl groups is 1. The van der Waals surface area contributed by atoms with Crippen LogP contribution in [0.4, 0.5) is 0 Å². The van der Waals surface area contributed by atoms with Crippen LogP contribution in [0.15, 0.2) is 12.2 Å². The Balaban J connectivity index is 4.32. The molecule has 1 saturated heterocycles. The normalized spacial score (nSPS) is 26.9. The number of aliphatic hydroxyl groups excluding tert-OH is 1. The van der Waals surface area contributed by atoms with E-state index in [1.54, 1.807) is 54.5 Å². The van der Waals surface area contributed by atoms with Gasteiger partial charge in [0.1, 0.15) is 60.4 Å². The number of amides is 11. The van der Waals surface area contributed by atoms with Crippen molar-refractivity contribution in [2.24, 2.45) is 41.4 Å². The lowest BCUT2D eigenvalue weighted by Crippen LogP contribution is -2.63. The van der Waals surface area contributed by atoms with Crippen LogP contribution in [-0.4, -0.2) is 227 Å². The highest BCUT2D eigenvalue weighted by atomic mass is 16.3. The lowest BCUT2D eigenvalue weighted by molar-refractivity contribution is -0.157. The third-order valence-corrected chi connectivity index (χ3v) is 16.1. The summed E-state index contributed by atoms with van der Waals surface area (Å²) in [4.78, 5) is 169. The third kappa shape index (κ3) is 21.7. The Labute approximate surface area is 508 Å². The van der Waals surface area contributed by atoms with Crippen LogP contribution in [0.2, 0.25) is 0 Å². The summed E-state index contributed by atoms with van der Waals surface area (Å²) in [5, 5.41) is 23.1. The molecule has 0 saturated carbocycles. The van der Waals surface area contributed by atoms with E-state index in [1.807, 2.05) is 61.5 Å². The fourth-order valence-electron chi connectivity index (χ4n) is 10.7. The van der Waals surface area contributed by atoms with Crippen molar-refractivity contribution in [3.05, 3.63) is 12.2 Å². The van der Waals surface area contributed by atoms with Gasteiger partial charge in [-0.25, -0.2) is 0 Å². The maximum absolute atomic E-state index is 15.1. The zero-order chi connectivity index (χ0) is 66.0. The zero-order valence-electron chi connectivity index (χ0n) is 56.1. The second-order valence-electron chi connectivity index (χ2n) is 26.1. The van der Waals surface area contributed by atoms with Gasteiger partial charge in [-0.15, -0.1) is 0 Å². The number of nitrogens with one attached hydrogen (secondary N) is 4. The highest BCUT2D eigenvalue weighted by molar-refractivity contribution is 5.99. The average molecular weight is 1200 g/mol. The third-order valence-electron chi connectivity index (χ3n) is 16.1. The van der Waals surface area contributed by atoms with E-state index in [4.69, 9.17) is 0 Å². The van der Waals surface area contributed by atoms with E-state index in [9.17, 15) is 48.3 Å². The molecule has 0 aromatic carbocycles. The summed E-state index contributed by atoms with van der Waals surface area (Å²) >= 11 is 0. The molecule has 1 aliphatic heterocycles. The standard InChI is InChI=1S/C62H111N11O12/c1-25-27-28-40(15)52(75)51-56(79)65-43(26-2)58(81)67(18)33-48(74)68(19)44(29-34(3)4)55(78)66-49(38(11)12)61(84)69(20)45(30-35(5)6)54(77)63-41(16)53(76)64-42(17)57(80)70(21)46(31-36(7)8)59(82)71(22)47(32-37(9)10)60(83)72(23)50(39(13)14)62(85)73(51)24/h25,27,34-47,49-52,75H,26,28-33H2,1-24H3,(H,63,77)(H,64,76)(H,65,79)(H,66,78)/b27-25+/t40-,41?,42?,43?,44?,45?,46?,47?,49?,50?,51?,52-/m0/s1. The molecule has 85 heavy (non-hydrogen) atoms. The lowest BCUT2D eigenvalue weighted by atomic mass is 9.91. The molecule has 10 unspecified atom stereocenters. The van der Waals surface area contributed by atoms with Gasteiger partial charge in [0.15, 0.2) is 0 Å². The summed E-state index contributed by atoms with van der Waals surface area (Å²) in [5.41, 5.74) is 0. The van der Waals surface area contributed by atoms with E-state index in [0.717, 1.165) is 9.80 Å². The van der Waals surface area contributed by atoms with Crippen molar-refractivity contribution in [3.63, 3.8) is 0 Å². The van der Waals surface area contributed by atoms with Crippen molar-refractivity contribution in [2.75, 3.05) is 55.9 Å². The first kappa shape index (κ1) is 76.9. The fraction of sp³-hybridized carbons (Fsp3) is 0.790. The van der Waals surface area contributed by atoms with Crippen LogP contribution in [0.3, 0.4) is 0 Å². The van der Waals surface area contributed by atoms with Crippen LogP contribution in [0, 0.1) is 41.4 Å². The number of hydrogen-bond donors (Lipinski definition) is 5. The number of nitrogens with zero attached hydrogens (tertiary/aromatic N) is 7. The van der Waals surface area contributed by atoms with Crippen LogP contribution in [0.1, 0.15) is 156 Å². The minimum absolute atomic E-state index is 0.0229. The smallest absolute Gasteiger partial charge is 0.246 e. The SMILES string of the molecule is C/C=C/C[C@H](C)[C@H](O)C1C(=O)NC(CC)C(=O)N(C)CC(=O)N(C)C(CC(C)C)C(=O)NC(C(C)C)C(=O)N(C)C(CC(C)C)C(=O)NC(C)C(=O)NC(C)C(=O)N(C)C(CC(C)C)C(=O)N(C)C(CC(C)C)C(=O)N(C)C(C(C)C)C(=O)N1C. The molecular formula is C62H111N11O12. The quantitative estimate of drug-likeness (QED) is 0.148. The summed E-state index contributed by atoms with van der Waals surface area (Å²) in [6.45, 7) is 29.3. The molecule has 23 nitrogen and oxygen atoms in total. The second kappa shape index (κ2) is 34.9. The van der Waals surface area contributed by atoms with Crippen LogP contribution in [0.5, 0.6) is 0 Å². The van der Waals surface area contributed by atoms with Gasteiger partial charge in [0.25, 0.3) is 0 Å².